The molecule has 0 radical (unpaired) electrons. The third-order valence-electron chi connectivity index (χ3n) is 4.05. The zero-order chi connectivity index (χ0) is 13.1. The normalized spacial score (nSPS) is 20.7. The number of piperidine rings is 1. The maximum Gasteiger partial charge on any atom is 0.128 e. The van der Waals surface area contributed by atoms with Gasteiger partial charge in [0.15, 0.2) is 0 Å². The predicted molar refractivity (Wildman–Crippen MR) is 71.8 cm³/mol. The first-order valence-corrected chi connectivity index (χ1v) is 6.61. The molecule has 0 N–H and O–H groups in total. The predicted octanol–water partition coefficient (Wildman–Crippen LogP) is 2.51. The van der Waals surface area contributed by atoms with Crippen molar-refractivity contribution in [3.8, 4) is 0 Å². The number of azide groups is 1. The Bertz CT molecular complexity index is 498. The second kappa shape index (κ2) is 5.07. The van der Waals surface area contributed by atoms with Crippen molar-refractivity contribution in [2.45, 2.75) is 19.4 Å². The minimum absolute atomic E-state index is 0.315. The lowest BCUT2D eigenvalue weighted by molar-refractivity contribution is -0.124. The van der Waals surface area contributed by atoms with Crippen LogP contribution in [0.2, 0.25) is 0 Å². The summed E-state index contributed by atoms with van der Waals surface area (Å²) < 4.78 is 5.34. The number of aromatic nitrogens is 1. The van der Waals surface area contributed by atoms with Gasteiger partial charge in [-0.2, -0.15) is 0 Å². The highest BCUT2D eigenvalue weighted by atomic mass is 16.5. The first kappa shape index (κ1) is 12.3. The van der Waals surface area contributed by atoms with Gasteiger partial charge >= 0.3 is 0 Å². The average Bonchev–Trinajstić information content (AvgIpc) is 2.44. The smallest absolute Gasteiger partial charge is 0.128 e. The van der Waals surface area contributed by atoms with Crippen molar-refractivity contribution in [2.75, 3.05) is 31.2 Å². The van der Waals surface area contributed by atoms with Crippen LogP contribution < -0.4 is 4.90 Å². The SMILES string of the molecule is [N-]=[N+]=NCc1cccc(N2CCC3(CC2)COC3)n1. The molecule has 0 aliphatic carbocycles. The summed E-state index contributed by atoms with van der Waals surface area (Å²) in [5.74, 6) is 0.987. The molecule has 6 nitrogen and oxygen atoms in total. The summed E-state index contributed by atoms with van der Waals surface area (Å²) in [4.78, 5) is 9.63. The lowest BCUT2D eigenvalue weighted by atomic mass is 9.77. The molecule has 6 heteroatoms. The van der Waals surface area contributed by atoms with Gasteiger partial charge in [-0.15, -0.1) is 0 Å². The van der Waals surface area contributed by atoms with Crippen LogP contribution in [-0.4, -0.2) is 31.3 Å². The highest BCUT2D eigenvalue weighted by Gasteiger charge is 2.41. The standard InChI is InChI=1S/C13H17N5O/c14-17-15-8-11-2-1-3-12(16-11)18-6-4-13(5-7-18)9-19-10-13/h1-3H,4-10H2. The van der Waals surface area contributed by atoms with Crippen molar-refractivity contribution in [2.24, 2.45) is 10.5 Å². The van der Waals surface area contributed by atoms with Crippen LogP contribution in [-0.2, 0) is 11.3 Å². The fourth-order valence-electron chi connectivity index (χ4n) is 2.72. The molecule has 0 amide bonds. The molecule has 0 atom stereocenters. The Morgan fingerprint density at radius 2 is 2.16 bits per heavy atom. The monoisotopic (exact) mass is 259 g/mol. The van der Waals surface area contributed by atoms with Gasteiger partial charge in [0.2, 0.25) is 0 Å². The Labute approximate surface area is 112 Å². The van der Waals surface area contributed by atoms with Crippen molar-refractivity contribution in [1.82, 2.24) is 4.98 Å². The fourth-order valence-corrected chi connectivity index (χ4v) is 2.72. The Kier molecular flexibility index (Phi) is 3.27. The molecule has 3 heterocycles. The molecular formula is C13H17N5O. The van der Waals surface area contributed by atoms with E-state index in [4.69, 9.17) is 10.3 Å². The summed E-state index contributed by atoms with van der Waals surface area (Å²) in [6, 6.07) is 5.89. The van der Waals surface area contributed by atoms with Gasteiger partial charge in [0.25, 0.3) is 0 Å². The molecule has 1 aromatic heterocycles. The molecule has 2 fully saturated rings. The first-order chi connectivity index (χ1) is 9.31. The zero-order valence-corrected chi connectivity index (χ0v) is 10.8. The zero-order valence-electron chi connectivity index (χ0n) is 10.8. The van der Waals surface area contributed by atoms with Gasteiger partial charge in [-0.3, -0.25) is 0 Å². The van der Waals surface area contributed by atoms with Gasteiger partial charge < -0.3 is 9.64 Å². The summed E-state index contributed by atoms with van der Waals surface area (Å²) in [5.41, 5.74) is 9.61. The van der Waals surface area contributed by atoms with Crippen LogP contribution in [0.15, 0.2) is 23.3 Å². The van der Waals surface area contributed by atoms with Gasteiger partial charge in [0.05, 0.1) is 19.8 Å². The molecule has 100 valence electrons. The third kappa shape index (κ3) is 2.50. The van der Waals surface area contributed by atoms with Gasteiger partial charge in [-0.1, -0.05) is 11.2 Å². The molecule has 19 heavy (non-hydrogen) atoms. The molecule has 0 unspecified atom stereocenters. The number of anilines is 1. The molecule has 2 saturated heterocycles. The van der Waals surface area contributed by atoms with E-state index < -0.39 is 0 Å². The lowest BCUT2D eigenvalue weighted by Crippen LogP contribution is -2.51. The number of rotatable bonds is 3. The summed E-state index contributed by atoms with van der Waals surface area (Å²) in [6.45, 7) is 4.22. The van der Waals surface area contributed by atoms with Gasteiger partial charge in [0, 0.05) is 29.1 Å². The topological polar surface area (TPSA) is 74.1 Å². The Balaban J connectivity index is 1.67. The highest BCUT2D eigenvalue weighted by Crippen LogP contribution is 2.39. The van der Waals surface area contributed by atoms with Gasteiger partial charge in [-0.25, -0.2) is 4.98 Å². The first-order valence-electron chi connectivity index (χ1n) is 6.61. The highest BCUT2D eigenvalue weighted by molar-refractivity contribution is 5.40. The fraction of sp³-hybridized carbons (Fsp3) is 0.615. The number of pyridine rings is 1. The van der Waals surface area contributed by atoms with Crippen molar-refractivity contribution in [1.29, 1.82) is 0 Å². The maximum atomic E-state index is 8.35. The maximum absolute atomic E-state index is 8.35. The van der Waals surface area contributed by atoms with Crippen molar-refractivity contribution in [3.05, 3.63) is 34.3 Å². The summed E-state index contributed by atoms with van der Waals surface area (Å²) >= 11 is 0. The van der Waals surface area contributed by atoms with Gasteiger partial charge in [0.1, 0.15) is 5.82 Å². The summed E-state index contributed by atoms with van der Waals surface area (Å²) in [5, 5.41) is 3.56. The summed E-state index contributed by atoms with van der Waals surface area (Å²) in [7, 11) is 0. The van der Waals surface area contributed by atoms with Crippen molar-refractivity contribution < 1.29 is 4.74 Å². The van der Waals surface area contributed by atoms with Crippen molar-refractivity contribution in [3.63, 3.8) is 0 Å². The van der Waals surface area contributed by atoms with E-state index in [1.165, 1.54) is 12.8 Å². The third-order valence-corrected chi connectivity index (χ3v) is 4.05. The molecule has 3 rings (SSSR count). The molecule has 0 aromatic carbocycles. The van der Waals surface area contributed by atoms with Crippen LogP contribution in [0.1, 0.15) is 18.5 Å². The Hall–Kier alpha value is -1.78. The average molecular weight is 259 g/mol. The lowest BCUT2D eigenvalue weighted by Gasteiger charge is -2.47. The van der Waals surface area contributed by atoms with E-state index >= 15 is 0 Å². The number of nitrogens with zero attached hydrogens (tertiary/aromatic N) is 5. The van der Waals surface area contributed by atoms with E-state index in [0.29, 0.717) is 12.0 Å². The van der Waals surface area contributed by atoms with E-state index in [-0.39, 0.29) is 0 Å². The summed E-state index contributed by atoms with van der Waals surface area (Å²) in [6.07, 6.45) is 2.35. The number of hydrogen-bond donors (Lipinski definition) is 0. The second-order valence-corrected chi connectivity index (χ2v) is 5.36. The molecule has 0 saturated carbocycles. The second-order valence-electron chi connectivity index (χ2n) is 5.36. The minimum Gasteiger partial charge on any atom is -0.380 e. The number of ether oxygens (including phenoxy) is 1. The van der Waals surface area contributed by atoms with Crippen LogP contribution in [0.3, 0.4) is 0 Å². The van der Waals surface area contributed by atoms with Crippen LogP contribution in [0.25, 0.3) is 10.4 Å². The number of hydrogen-bond acceptors (Lipinski definition) is 4. The van der Waals surface area contributed by atoms with E-state index in [0.717, 1.165) is 37.8 Å². The van der Waals surface area contributed by atoms with Crippen LogP contribution in [0.5, 0.6) is 0 Å². The molecule has 2 aliphatic rings. The van der Waals surface area contributed by atoms with Crippen molar-refractivity contribution >= 4 is 5.82 Å². The van der Waals surface area contributed by atoms with Crippen LogP contribution >= 0.6 is 0 Å². The molecule has 1 spiro atoms. The largest absolute Gasteiger partial charge is 0.380 e. The Morgan fingerprint density at radius 1 is 1.37 bits per heavy atom. The van der Waals surface area contributed by atoms with E-state index in [1.54, 1.807) is 0 Å². The molecule has 2 aliphatic heterocycles. The van der Waals surface area contributed by atoms with E-state index in [1.807, 2.05) is 18.2 Å². The molecule has 1 aromatic rings. The van der Waals surface area contributed by atoms with Gasteiger partial charge in [-0.05, 0) is 30.5 Å². The van der Waals surface area contributed by atoms with Crippen LogP contribution in [0, 0.1) is 5.41 Å². The Morgan fingerprint density at radius 3 is 2.79 bits per heavy atom. The minimum atomic E-state index is 0.315. The van der Waals surface area contributed by atoms with Crippen LogP contribution in [0.4, 0.5) is 5.82 Å². The van der Waals surface area contributed by atoms with E-state index in [9.17, 15) is 0 Å². The van der Waals surface area contributed by atoms with E-state index in [2.05, 4.69) is 19.9 Å². The molecule has 0 bridgehead atoms. The quantitative estimate of drug-likeness (QED) is 0.475. The molecular weight excluding hydrogens is 242 g/mol.